The van der Waals surface area contributed by atoms with Crippen LogP contribution in [0.2, 0.25) is 0 Å². The molecule has 104 valence electrons. The average molecular weight is 275 g/mol. The minimum Gasteiger partial charge on any atom is -0.383 e. The molecule has 1 rings (SSSR count). The van der Waals surface area contributed by atoms with Gasteiger partial charge in [-0.1, -0.05) is 13.8 Å². The summed E-state index contributed by atoms with van der Waals surface area (Å²) < 4.78 is 6.93. The summed E-state index contributed by atoms with van der Waals surface area (Å²) in [5.74, 6) is 1.54. The van der Waals surface area contributed by atoms with Crippen LogP contribution in [0.5, 0.6) is 0 Å². The molecule has 1 atom stereocenters. The quantitative estimate of drug-likeness (QED) is 0.550. The molecule has 5 nitrogen and oxygen atoms in total. The van der Waals surface area contributed by atoms with Gasteiger partial charge in [-0.2, -0.15) is 5.10 Å². The third-order valence-corrected chi connectivity index (χ3v) is 2.84. The SMILES string of the molecule is COCC(Cl)CCNCc1ncnn1CC(C)C. The summed E-state index contributed by atoms with van der Waals surface area (Å²) in [5.41, 5.74) is 0. The van der Waals surface area contributed by atoms with Crippen molar-refractivity contribution in [2.24, 2.45) is 5.92 Å². The van der Waals surface area contributed by atoms with Gasteiger partial charge >= 0.3 is 0 Å². The fourth-order valence-corrected chi connectivity index (χ4v) is 1.88. The molecule has 0 radical (unpaired) electrons. The molecule has 1 N–H and O–H groups in total. The van der Waals surface area contributed by atoms with E-state index in [0.717, 1.165) is 31.9 Å². The van der Waals surface area contributed by atoms with Crippen LogP contribution in [-0.2, 0) is 17.8 Å². The fourth-order valence-electron chi connectivity index (χ4n) is 1.65. The molecule has 0 saturated carbocycles. The Labute approximate surface area is 114 Å². The van der Waals surface area contributed by atoms with Gasteiger partial charge in [0.2, 0.25) is 0 Å². The van der Waals surface area contributed by atoms with Gasteiger partial charge in [0.25, 0.3) is 0 Å². The zero-order valence-electron chi connectivity index (χ0n) is 11.4. The van der Waals surface area contributed by atoms with E-state index in [2.05, 4.69) is 29.2 Å². The smallest absolute Gasteiger partial charge is 0.140 e. The van der Waals surface area contributed by atoms with Crippen LogP contribution < -0.4 is 5.32 Å². The van der Waals surface area contributed by atoms with Crippen LogP contribution in [0.3, 0.4) is 0 Å². The zero-order valence-corrected chi connectivity index (χ0v) is 12.2. The maximum Gasteiger partial charge on any atom is 0.140 e. The number of nitrogens with zero attached hydrogens (tertiary/aromatic N) is 3. The summed E-state index contributed by atoms with van der Waals surface area (Å²) >= 11 is 6.04. The molecule has 0 aliphatic heterocycles. The van der Waals surface area contributed by atoms with E-state index in [1.54, 1.807) is 13.4 Å². The number of nitrogens with one attached hydrogen (secondary N) is 1. The van der Waals surface area contributed by atoms with Crippen molar-refractivity contribution in [2.75, 3.05) is 20.3 Å². The van der Waals surface area contributed by atoms with Gasteiger partial charge in [0.1, 0.15) is 12.2 Å². The zero-order chi connectivity index (χ0) is 13.4. The lowest BCUT2D eigenvalue weighted by molar-refractivity contribution is 0.195. The molecule has 0 aliphatic carbocycles. The molecular formula is C12H23ClN4O. The van der Waals surface area contributed by atoms with Crippen LogP contribution in [0.4, 0.5) is 0 Å². The van der Waals surface area contributed by atoms with Gasteiger partial charge in [-0.25, -0.2) is 9.67 Å². The first-order valence-corrected chi connectivity index (χ1v) is 6.77. The largest absolute Gasteiger partial charge is 0.383 e. The van der Waals surface area contributed by atoms with Gasteiger partial charge < -0.3 is 10.1 Å². The van der Waals surface area contributed by atoms with Crippen LogP contribution >= 0.6 is 11.6 Å². The molecule has 1 heterocycles. The molecule has 1 aromatic heterocycles. The van der Waals surface area contributed by atoms with Crippen molar-refractivity contribution in [1.82, 2.24) is 20.1 Å². The van der Waals surface area contributed by atoms with Gasteiger partial charge in [-0.05, 0) is 18.9 Å². The predicted octanol–water partition coefficient (Wildman–Crippen LogP) is 1.67. The van der Waals surface area contributed by atoms with Crippen LogP contribution in [-0.4, -0.2) is 40.4 Å². The third kappa shape index (κ3) is 5.80. The number of hydrogen-bond acceptors (Lipinski definition) is 4. The monoisotopic (exact) mass is 274 g/mol. The average Bonchev–Trinajstić information content (AvgIpc) is 2.71. The Kier molecular flexibility index (Phi) is 7.23. The van der Waals surface area contributed by atoms with E-state index in [9.17, 15) is 0 Å². The van der Waals surface area contributed by atoms with Crippen molar-refractivity contribution in [1.29, 1.82) is 0 Å². The Morgan fingerprint density at radius 2 is 2.28 bits per heavy atom. The normalized spacial score (nSPS) is 13.2. The highest BCUT2D eigenvalue weighted by Gasteiger charge is 2.07. The Balaban J connectivity index is 2.25. The van der Waals surface area contributed by atoms with Crippen LogP contribution in [0.15, 0.2) is 6.33 Å². The summed E-state index contributed by atoms with van der Waals surface area (Å²) in [5, 5.41) is 7.61. The van der Waals surface area contributed by atoms with E-state index in [1.165, 1.54) is 0 Å². The molecule has 0 fully saturated rings. The first-order chi connectivity index (χ1) is 8.63. The lowest BCUT2D eigenvalue weighted by Gasteiger charge is -2.10. The summed E-state index contributed by atoms with van der Waals surface area (Å²) in [7, 11) is 1.66. The number of halogens is 1. The van der Waals surface area contributed by atoms with Crippen molar-refractivity contribution >= 4 is 11.6 Å². The Bertz CT molecular complexity index is 330. The molecule has 1 unspecified atom stereocenters. The number of alkyl halides is 1. The first kappa shape index (κ1) is 15.4. The maximum absolute atomic E-state index is 6.04. The molecule has 18 heavy (non-hydrogen) atoms. The van der Waals surface area contributed by atoms with Crippen molar-refractivity contribution in [2.45, 2.75) is 38.7 Å². The Morgan fingerprint density at radius 3 is 2.94 bits per heavy atom. The van der Waals surface area contributed by atoms with Crippen LogP contribution in [0, 0.1) is 5.92 Å². The van der Waals surface area contributed by atoms with Gasteiger partial charge in [0.15, 0.2) is 0 Å². The van der Waals surface area contributed by atoms with E-state index in [1.807, 2.05) is 4.68 Å². The number of methoxy groups -OCH3 is 1. The molecule has 0 saturated heterocycles. The minimum absolute atomic E-state index is 0.0658. The van der Waals surface area contributed by atoms with Gasteiger partial charge in [-0.15, -0.1) is 11.6 Å². The molecule has 0 spiro atoms. The van der Waals surface area contributed by atoms with Crippen molar-refractivity contribution in [3.63, 3.8) is 0 Å². The lowest BCUT2D eigenvalue weighted by atomic mass is 10.2. The topological polar surface area (TPSA) is 52.0 Å². The number of rotatable bonds is 9. The number of ether oxygens (including phenoxy) is 1. The Morgan fingerprint density at radius 1 is 1.50 bits per heavy atom. The third-order valence-electron chi connectivity index (χ3n) is 2.50. The predicted molar refractivity (Wildman–Crippen MR) is 72.7 cm³/mol. The number of aromatic nitrogens is 3. The van der Waals surface area contributed by atoms with E-state index >= 15 is 0 Å². The van der Waals surface area contributed by atoms with E-state index in [-0.39, 0.29) is 5.38 Å². The second-order valence-electron chi connectivity index (χ2n) is 4.77. The summed E-state index contributed by atoms with van der Waals surface area (Å²) in [6.07, 6.45) is 2.49. The van der Waals surface area contributed by atoms with E-state index in [4.69, 9.17) is 16.3 Å². The van der Waals surface area contributed by atoms with Crippen LogP contribution in [0.1, 0.15) is 26.1 Å². The molecular weight excluding hydrogens is 252 g/mol. The Hall–Kier alpha value is -0.650. The molecule has 0 amide bonds. The minimum atomic E-state index is 0.0658. The molecule has 0 aliphatic rings. The molecule has 1 aromatic rings. The highest BCUT2D eigenvalue weighted by atomic mass is 35.5. The molecule has 0 aromatic carbocycles. The highest BCUT2D eigenvalue weighted by Crippen LogP contribution is 2.03. The lowest BCUT2D eigenvalue weighted by Crippen LogP contribution is -2.22. The fraction of sp³-hybridized carbons (Fsp3) is 0.833. The summed E-state index contributed by atoms with van der Waals surface area (Å²) in [6, 6.07) is 0. The second-order valence-corrected chi connectivity index (χ2v) is 5.39. The van der Waals surface area contributed by atoms with Gasteiger partial charge in [-0.3, -0.25) is 0 Å². The number of hydrogen-bond donors (Lipinski definition) is 1. The summed E-state index contributed by atoms with van der Waals surface area (Å²) in [4.78, 5) is 4.25. The van der Waals surface area contributed by atoms with E-state index < -0.39 is 0 Å². The van der Waals surface area contributed by atoms with Crippen LogP contribution in [0.25, 0.3) is 0 Å². The highest BCUT2D eigenvalue weighted by molar-refractivity contribution is 6.20. The first-order valence-electron chi connectivity index (χ1n) is 6.34. The molecule has 0 bridgehead atoms. The molecule has 6 heteroatoms. The standard InChI is InChI=1S/C12H23ClN4O/c1-10(2)7-17-12(15-9-16-17)6-14-5-4-11(13)8-18-3/h9-11,14H,4-8H2,1-3H3. The summed E-state index contributed by atoms with van der Waals surface area (Å²) in [6.45, 7) is 7.41. The second kappa shape index (κ2) is 8.45. The maximum atomic E-state index is 6.04. The van der Waals surface area contributed by atoms with Crippen molar-refractivity contribution in [3.05, 3.63) is 12.2 Å². The van der Waals surface area contributed by atoms with Crippen molar-refractivity contribution < 1.29 is 4.74 Å². The van der Waals surface area contributed by atoms with Gasteiger partial charge in [0.05, 0.1) is 18.5 Å². The van der Waals surface area contributed by atoms with E-state index in [0.29, 0.717) is 12.5 Å². The van der Waals surface area contributed by atoms with Gasteiger partial charge in [0, 0.05) is 13.7 Å². The van der Waals surface area contributed by atoms with Crippen molar-refractivity contribution in [3.8, 4) is 0 Å².